The number of halogens is 1. The van der Waals surface area contributed by atoms with E-state index in [4.69, 9.17) is 11.2 Å². The van der Waals surface area contributed by atoms with Gasteiger partial charge in [-0.3, -0.25) is 14.5 Å². The van der Waals surface area contributed by atoms with Crippen molar-refractivity contribution in [2.75, 3.05) is 20.2 Å². The molecule has 0 N–H and O–H groups in total. The monoisotopic (exact) mass is 456 g/mol. The second kappa shape index (κ2) is 9.75. The number of aromatic nitrogens is 2. The van der Waals surface area contributed by atoms with E-state index < -0.39 is 5.82 Å². The van der Waals surface area contributed by atoms with Gasteiger partial charge in [0.1, 0.15) is 6.54 Å². The number of rotatable bonds is 6. The minimum atomic E-state index is -0.448. The molecule has 0 unspecified atom stereocenters. The van der Waals surface area contributed by atoms with Gasteiger partial charge in [-0.1, -0.05) is 36.3 Å². The fraction of sp³-hybridized carbons (Fsp3) is 0.222. The number of hydrogen-bond donors (Lipinski definition) is 0. The Hall–Kier alpha value is -4.18. The Morgan fingerprint density at radius 1 is 1.15 bits per heavy atom. The fourth-order valence-electron chi connectivity index (χ4n) is 3.86. The molecule has 34 heavy (non-hydrogen) atoms. The fourth-order valence-corrected chi connectivity index (χ4v) is 3.86. The normalized spacial score (nSPS) is 13.1. The zero-order valence-corrected chi connectivity index (χ0v) is 19.4. The quantitative estimate of drug-likeness (QED) is 0.403. The predicted octanol–water partition coefficient (Wildman–Crippen LogP) is 4.58. The van der Waals surface area contributed by atoms with Crippen molar-refractivity contribution >= 4 is 11.6 Å². The Bertz CT molecular complexity index is 1330. The maximum Gasteiger partial charge on any atom is 0.245 e. The highest BCUT2D eigenvalue weighted by Gasteiger charge is 2.26. The Kier molecular flexibility index (Phi) is 6.60. The second-order valence-corrected chi connectivity index (χ2v) is 8.17. The van der Waals surface area contributed by atoms with E-state index in [0.717, 1.165) is 28.2 Å². The highest BCUT2D eigenvalue weighted by Crippen LogP contribution is 2.30. The van der Waals surface area contributed by atoms with Crippen LogP contribution in [0.5, 0.6) is 5.75 Å². The maximum absolute atomic E-state index is 13.9. The number of carbonyl (C=O) groups is 1. The number of benzene rings is 2. The number of terminal acetylenes is 1. The largest absolute Gasteiger partial charge is 0.494 e. The minimum Gasteiger partial charge on any atom is -0.494 e. The Morgan fingerprint density at radius 3 is 2.59 bits per heavy atom. The van der Waals surface area contributed by atoms with Crippen molar-refractivity contribution in [1.82, 2.24) is 14.7 Å². The molecule has 4 rings (SSSR count). The van der Waals surface area contributed by atoms with Crippen LogP contribution in [0.1, 0.15) is 13.8 Å². The van der Waals surface area contributed by atoms with Crippen LogP contribution in [0.4, 0.5) is 4.39 Å². The first kappa shape index (κ1) is 23.0. The molecule has 7 heteroatoms. The van der Waals surface area contributed by atoms with Gasteiger partial charge in [-0.25, -0.2) is 4.39 Å². The average Bonchev–Trinajstić information content (AvgIpc) is 3.43. The molecule has 0 saturated carbocycles. The van der Waals surface area contributed by atoms with E-state index in [1.54, 1.807) is 21.7 Å². The summed E-state index contributed by atoms with van der Waals surface area (Å²) in [6.45, 7) is 4.54. The molecular weight excluding hydrogens is 431 g/mol. The van der Waals surface area contributed by atoms with Crippen molar-refractivity contribution in [3.8, 4) is 40.6 Å². The summed E-state index contributed by atoms with van der Waals surface area (Å²) >= 11 is 0. The van der Waals surface area contributed by atoms with Crippen LogP contribution in [0.3, 0.4) is 0 Å². The van der Waals surface area contributed by atoms with E-state index in [1.807, 2.05) is 50.2 Å². The van der Waals surface area contributed by atoms with Gasteiger partial charge in [-0.2, -0.15) is 5.10 Å². The zero-order chi connectivity index (χ0) is 24.2. The molecule has 0 atom stereocenters. The number of amides is 1. The van der Waals surface area contributed by atoms with Crippen LogP contribution in [-0.4, -0.2) is 46.5 Å². The van der Waals surface area contributed by atoms with Gasteiger partial charge in [0.25, 0.3) is 0 Å². The molecule has 172 valence electrons. The van der Waals surface area contributed by atoms with Crippen LogP contribution >= 0.6 is 0 Å². The van der Waals surface area contributed by atoms with Gasteiger partial charge in [0.2, 0.25) is 5.91 Å². The van der Waals surface area contributed by atoms with Crippen LogP contribution in [0.15, 0.2) is 70.9 Å². The van der Waals surface area contributed by atoms with Crippen molar-refractivity contribution in [3.05, 3.63) is 71.7 Å². The molecule has 1 aliphatic rings. The van der Waals surface area contributed by atoms with Crippen LogP contribution in [0.2, 0.25) is 0 Å². The van der Waals surface area contributed by atoms with E-state index in [2.05, 4.69) is 16.0 Å². The topological polar surface area (TPSA) is 59.7 Å². The van der Waals surface area contributed by atoms with Gasteiger partial charge in [-0.05, 0) is 43.7 Å². The molecule has 0 fully saturated rings. The number of methoxy groups -OCH3 is 1. The summed E-state index contributed by atoms with van der Waals surface area (Å²) in [6, 6.07) is 16.2. The smallest absolute Gasteiger partial charge is 0.245 e. The van der Waals surface area contributed by atoms with E-state index in [1.165, 1.54) is 13.2 Å². The van der Waals surface area contributed by atoms with Crippen molar-refractivity contribution in [1.29, 1.82) is 0 Å². The first-order chi connectivity index (χ1) is 16.4. The number of hydrogen-bond acceptors (Lipinski definition) is 4. The summed E-state index contributed by atoms with van der Waals surface area (Å²) in [7, 11) is 1.42. The molecular formula is C27H25FN4O2. The molecule has 0 radical (unpaired) electrons. The molecule has 1 aromatic heterocycles. The standard InChI is InChI=1S/C27H25FN4O2/c1-5-19-15-31(16-24(19)29-18(2)3)27(33)17-32-25(20-9-7-6-8-10-20)14-23(30-32)21-11-12-22(28)26(13-21)34-4/h1,6-14H,15-17H2,2-4H3. The third-order valence-electron chi connectivity index (χ3n) is 5.50. The predicted molar refractivity (Wildman–Crippen MR) is 131 cm³/mol. The molecule has 2 aromatic carbocycles. The molecule has 6 nitrogen and oxygen atoms in total. The lowest BCUT2D eigenvalue weighted by Gasteiger charge is -2.17. The number of carbonyl (C=O) groups excluding carboxylic acids is 1. The van der Waals surface area contributed by atoms with E-state index in [0.29, 0.717) is 24.3 Å². The van der Waals surface area contributed by atoms with Gasteiger partial charge in [0.15, 0.2) is 11.6 Å². The summed E-state index contributed by atoms with van der Waals surface area (Å²) in [5, 5.41) is 4.69. The van der Waals surface area contributed by atoms with Crippen LogP contribution < -0.4 is 4.74 Å². The molecule has 1 aliphatic heterocycles. The van der Waals surface area contributed by atoms with Gasteiger partial charge in [0, 0.05) is 16.8 Å². The van der Waals surface area contributed by atoms with Gasteiger partial charge < -0.3 is 9.64 Å². The number of nitrogens with zero attached hydrogens (tertiary/aromatic N) is 4. The summed E-state index contributed by atoms with van der Waals surface area (Å²) in [5.41, 5.74) is 5.35. The maximum atomic E-state index is 13.9. The van der Waals surface area contributed by atoms with E-state index >= 15 is 0 Å². The molecule has 0 bridgehead atoms. The lowest BCUT2D eigenvalue weighted by Crippen LogP contribution is -2.33. The lowest BCUT2D eigenvalue weighted by atomic mass is 10.1. The van der Waals surface area contributed by atoms with Gasteiger partial charge in [0.05, 0.1) is 37.3 Å². The Labute approximate surface area is 198 Å². The van der Waals surface area contributed by atoms with Crippen LogP contribution in [-0.2, 0) is 11.3 Å². The molecule has 2 heterocycles. The molecule has 0 spiro atoms. The zero-order valence-electron chi connectivity index (χ0n) is 19.4. The highest BCUT2D eigenvalue weighted by molar-refractivity contribution is 5.82. The number of ether oxygens (including phenoxy) is 1. The lowest BCUT2D eigenvalue weighted by molar-refractivity contribution is -0.130. The molecule has 1 amide bonds. The first-order valence-corrected chi connectivity index (χ1v) is 10.8. The third kappa shape index (κ3) is 4.76. The van der Waals surface area contributed by atoms with E-state index in [-0.39, 0.29) is 18.2 Å². The summed E-state index contributed by atoms with van der Waals surface area (Å²) in [5.74, 6) is 2.23. The van der Waals surface area contributed by atoms with Crippen molar-refractivity contribution in [2.45, 2.75) is 20.4 Å². The van der Waals surface area contributed by atoms with Gasteiger partial charge >= 0.3 is 0 Å². The summed E-state index contributed by atoms with van der Waals surface area (Å²) in [4.78, 5) is 19.4. The highest BCUT2D eigenvalue weighted by atomic mass is 19.1. The Morgan fingerprint density at radius 2 is 1.91 bits per heavy atom. The van der Waals surface area contributed by atoms with Crippen molar-refractivity contribution in [3.63, 3.8) is 0 Å². The van der Waals surface area contributed by atoms with Crippen molar-refractivity contribution < 1.29 is 13.9 Å². The summed E-state index contributed by atoms with van der Waals surface area (Å²) < 4.78 is 20.7. The first-order valence-electron chi connectivity index (χ1n) is 10.8. The third-order valence-corrected chi connectivity index (χ3v) is 5.50. The summed E-state index contributed by atoms with van der Waals surface area (Å²) in [6.07, 6.45) is 5.65. The second-order valence-electron chi connectivity index (χ2n) is 8.17. The minimum absolute atomic E-state index is 0.0303. The van der Waals surface area contributed by atoms with E-state index in [9.17, 15) is 9.18 Å². The van der Waals surface area contributed by atoms with Crippen LogP contribution in [0, 0.1) is 18.2 Å². The van der Waals surface area contributed by atoms with Gasteiger partial charge in [-0.15, -0.1) is 6.42 Å². The van der Waals surface area contributed by atoms with Crippen LogP contribution in [0.25, 0.3) is 22.5 Å². The molecule has 3 aromatic rings. The Balaban J connectivity index is 1.66. The number of aliphatic imine (C=N–C) groups is 1. The van der Waals surface area contributed by atoms with Crippen molar-refractivity contribution in [2.24, 2.45) is 4.99 Å². The SMILES string of the molecule is C#CC1=C(N=C(C)C)CN(C(=O)Cn2nc(-c3ccc(F)c(OC)c3)cc2-c2ccccc2)C1. The average molecular weight is 457 g/mol. The molecule has 0 aliphatic carbocycles. The molecule has 0 saturated heterocycles.